The summed E-state index contributed by atoms with van der Waals surface area (Å²) in [6.07, 6.45) is 2.91. The summed E-state index contributed by atoms with van der Waals surface area (Å²) in [5.41, 5.74) is 8.65. The Balaban J connectivity index is 2.62. The van der Waals surface area contributed by atoms with Crippen molar-refractivity contribution in [3.05, 3.63) is 41.5 Å². The molecule has 1 amide bonds. The van der Waals surface area contributed by atoms with E-state index in [-0.39, 0.29) is 5.91 Å². The van der Waals surface area contributed by atoms with Gasteiger partial charge in [-0.2, -0.15) is 0 Å². The molecule has 0 spiro atoms. The quantitative estimate of drug-likeness (QED) is 0.855. The number of carbonyl (C=O) groups is 1. The average Bonchev–Trinajstić information content (AvgIpc) is 2.34. The number of carbonyl (C=O) groups excluding carboxylic acids is 1. The zero-order valence-corrected chi connectivity index (χ0v) is 12.3. The molecule has 0 radical (unpaired) electrons. The fourth-order valence-corrected chi connectivity index (χ4v) is 1.91. The number of nitrogens with two attached hydrogens (primary N) is 1. The van der Waals surface area contributed by atoms with Crippen molar-refractivity contribution >= 4 is 11.5 Å². The summed E-state index contributed by atoms with van der Waals surface area (Å²) in [5, 5.41) is 2.87. The second-order valence-corrected chi connectivity index (χ2v) is 5.36. The number of benzene rings is 1. The maximum Gasteiger partial charge on any atom is 0.239 e. The van der Waals surface area contributed by atoms with Crippen molar-refractivity contribution in [3.8, 4) is 0 Å². The minimum Gasteiger partial charge on any atom is -0.354 e. The van der Waals surface area contributed by atoms with Crippen molar-refractivity contribution in [2.75, 3.05) is 6.54 Å². The molecule has 0 heterocycles. The Hall–Kier alpha value is -1.61. The lowest BCUT2D eigenvalue weighted by molar-refractivity contribution is -0.125. The van der Waals surface area contributed by atoms with Gasteiger partial charge in [-0.25, -0.2) is 0 Å². The smallest absolute Gasteiger partial charge is 0.239 e. The Morgan fingerprint density at radius 3 is 2.53 bits per heavy atom. The van der Waals surface area contributed by atoms with Crippen LogP contribution >= 0.6 is 0 Å². The third-order valence-electron chi connectivity index (χ3n) is 3.10. The molecular weight excluding hydrogens is 236 g/mol. The summed E-state index contributed by atoms with van der Waals surface area (Å²) in [5.74, 6) is -0.118. The van der Waals surface area contributed by atoms with Gasteiger partial charge in [0.15, 0.2) is 0 Å². The molecule has 3 nitrogen and oxygen atoms in total. The number of rotatable bonds is 5. The van der Waals surface area contributed by atoms with Crippen molar-refractivity contribution in [3.63, 3.8) is 0 Å². The molecule has 1 aromatic carbocycles. The topological polar surface area (TPSA) is 55.1 Å². The first kappa shape index (κ1) is 15.4. The van der Waals surface area contributed by atoms with Gasteiger partial charge in [-0.05, 0) is 50.8 Å². The molecule has 0 aliphatic rings. The van der Waals surface area contributed by atoms with Crippen LogP contribution in [0.4, 0.5) is 0 Å². The molecule has 1 aromatic rings. The molecule has 0 aliphatic heterocycles. The second kappa shape index (κ2) is 6.53. The normalized spacial score (nSPS) is 12.4. The van der Waals surface area contributed by atoms with Crippen molar-refractivity contribution in [2.45, 2.75) is 39.7 Å². The highest BCUT2D eigenvalue weighted by atomic mass is 16.2. The van der Waals surface area contributed by atoms with E-state index in [1.54, 1.807) is 13.8 Å². The lowest BCUT2D eigenvalue weighted by atomic mass is 9.98. The molecule has 0 atom stereocenters. The van der Waals surface area contributed by atoms with Crippen LogP contribution < -0.4 is 11.1 Å². The largest absolute Gasteiger partial charge is 0.354 e. The van der Waals surface area contributed by atoms with Crippen LogP contribution in [0.1, 0.15) is 38.3 Å². The van der Waals surface area contributed by atoms with Crippen LogP contribution in [0.25, 0.3) is 5.57 Å². The van der Waals surface area contributed by atoms with Crippen LogP contribution in [0.5, 0.6) is 0 Å². The Bertz CT molecular complexity index is 470. The number of nitrogens with one attached hydrogen (secondary N) is 1. The first-order chi connectivity index (χ1) is 8.86. The molecule has 0 bridgehead atoms. The minimum absolute atomic E-state index is 0.118. The van der Waals surface area contributed by atoms with E-state index < -0.39 is 5.54 Å². The number of amides is 1. The van der Waals surface area contributed by atoms with Crippen molar-refractivity contribution in [2.24, 2.45) is 5.73 Å². The molecule has 0 saturated heterocycles. The van der Waals surface area contributed by atoms with E-state index >= 15 is 0 Å². The molecule has 0 unspecified atom stereocenters. The Labute approximate surface area is 115 Å². The van der Waals surface area contributed by atoms with Crippen LogP contribution in [0.2, 0.25) is 0 Å². The highest BCUT2D eigenvalue weighted by molar-refractivity contribution is 5.85. The maximum atomic E-state index is 11.7. The van der Waals surface area contributed by atoms with Gasteiger partial charge in [-0.1, -0.05) is 30.3 Å². The predicted molar refractivity (Wildman–Crippen MR) is 80.7 cm³/mol. The highest BCUT2D eigenvalue weighted by Gasteiger charge is 2.20. The Kier molecular flexibility index (Phi) is 5.31. The van der Waals surface area contributed by atoms with Crippen LogP contribution in [0.3, 0.4) is 0 Å². The molecular formula is C16H24N2O. The highest BCUT2D eigenvalue weighted by Crippen LogP contribution is 2.21. The van der Waals surface area contributed by atoms with Crippen LogP contribution in [-0.2, 0) is 4.79 Å². The standard InChI is InChI=1S/C16H24N2O/c1-5-13(14-9-7-6-8-12(14)2)10-11-18-15(19)16(3,4)17/h5-9H,10-11,17H2,1-4H3,(H,18,19)/b13-5-. The molecule has 0 saturated carbocycles. The first-order valence-corrected chi connectivity index (χ1v) is 6.64. The minimum atomic E-state index is -0.821. The first-order valence-electron chi connectivity index (χ1n) is 6.64. The van der Waals surface area contributed by atoms with E-state index in [4.69, 9.17) is 5.73 Å². The average molecular weight is 260 g/mol. The zero-order valence-electron chi connectivity index (χ0n) is 12.3. The molecule has 104 valence electrons. The van der Waals surface area contributed by atoms with Gasteiger partial charge in [-0.15, -0.1) is 0 Å². The van der Waals surface area contributed by atoms with Gasteiger partial charge in [0.05, 0.1) is 5.54 Å². The lowest BCUT2D eigenvalue weighted by Gasteiger charge is -2.18. The second-order valence-electron chi connectivity index (χ2n) is 5.36. The Morgan fingerprint density at radius 2 is 2.00 bits per heavy atom. The number of aryl methyl sites for hydroxylation is 1. The summed E-state index contributed by atoms with van der Waals surface area (Å²) in [7, 11) is 0. The van der Waals surface area contributed by atoms with Gasteiger partial charge < -0.3 is 11.1 Å². The molecule has 1 rings (SSSR count). The summed E-state index contributed by atoms with van der Waals surface area (Å²) in [6, 6.07) is 8.28. The number of allylic oxidation sites excluding steroid dienone is 1. The molecule has 0 aliphatic carbocycles. The van der Waals surface area contributed by atoms with Gasteiger partial charge in [-0.3, -0.25) is 4.79 Å². The summed E-state index contributed by atoms with van der Waals surface area (Å²) >= 11 is 0. The summed E-state index contributed by atoms with van der Waals surface area (Å²) in [4.78, 5) is 11.7. The van der Waals surface area contributed by atoms with Gasteiger partial charge in [0, 0.05) is 6.54 Å². The van der Waals surface area contributed by atoms with Gasteiger partial charge >= 0.3 is 0 Å². The third-order valence-corrected chi connectivity index (χ3v) is 3.10. The third kappa shape index (κ3) is 4.52. The summed E-state index contributed by atoms with van der Waals surface area (Å²) < 4.78 is 0. The van der Waals surface area contributed by atoms with E-state index in [1.807, 2.05) is 19.1 Å². The van der Waals surface area contributed by atoms with Crippen molar-refractivity contribution < 1.29 is 4.79 Å². The van der Waals surface area contributed by atoms with Crippen LogP contribution in [0, 0.1) is 6.92 Å². The monoisotopic (exact) mass is 260 g/mol. The number of hydrogen-bond acceptors (Lipinski definition) is 2. The zero-order chi connectivity index (χ0) is 14.5. The van der Waals surface area contributed by atoms with E-state index in [9.17, 15) is 4.79 Å². The fourth-order valence-electron chi connectivity index (χ4n) is 1.91. The Morgan fingerprint density at radius 1 is 1.37 bits per heavy atom. The predicted octanol–water partition coefficient (Wildman–Crippen LogP) is 2.64. The fraction of sp³-hybridized carbons (Fsp3) is 0.438. The summed E-state index contributed by atoms with van der Waals surface area (Å²) in [6.45, 7) is 8.14. The van der Waals surface area contributed by atoms with E-state index in [0.717, 1.165) is 6.42 Å². The maximum absolute atomic E-state index is 11.7. The van der Waals surface area contributed by atoms with E-state index in [1.165, 1.54) is 16.7 Å². The van der Waals surface area contributed by atoms with E-state index in [2.05, 4.69) is 30.4 Å². The van der Waals surface area contributed by atoms with Gasteiger partial charge in [0.1, 0.15) is 0 Å². The SMILES string of the molecule is C/C=C(/CCNC(=O)C(C)(C)N)c1ccccc1C. The van der Waals surface area contributed by atoms with Crippen LogP contribution in [-0.4, -0.2) is 18.0 Å². The van der Waals surface area contributed by atoms with E-state index in [0.29, 0.717) is 6.54 Å². The molecule has 19 heavy (non-hydrogen) atoms. The molecule has 3 N–H and O–H groups in total. The molecule has 0 fully saturated rings. The van der Waals surface area contributed by atoms with Gasteiger partial charge in [0.2, 0.25) is 5.91 Å². The van der Waals surface area contributed by atoms with Crippen molar-refractivity contribution in [1.29, 1.82) is 0 Å². The lowest BCUT2D eigenvalue weighted by Crippen LogP contribution is -2.49. The number of hydrogen-bond donors (Lipinski definition) is 2. The molecule has 0 aromatic heterocycles. The van der Waals surface area contributed by atoms with Crippen molar-refractivity contribution in [1.82, 2.24) is 5.32 Å². The van der Waals surface area contributed by atoms with Crippen LogP contribution in [0.15, 0.2) is 30.3 Å². The molecule has 3 heteroatoms. The van der Waals surface area contributed by atoms with Gasteiger partial charge in [0.25, 0.3) is 0 Å².